The van der Waals surface area contributed by atoms with Gasteiger partial charge in [0.25, 0.3) is 0 Å². The normalized spacial score (nSPS) is 12.0. The first-order valence-electron chi connectivity index (χ1n) is 7.68. The molecule has 20 heavy (non-hydrogen) atoms. The predicted molar refractivity (Wildman–Crippen MR) is 84.8 cm³/mol. The fraction of sp³-hybridized carbons (Fsp3) is 0.750. The Morgan fingerprint density at radius 1 is 1.20 bits per heavy atom. The molecule has 0 atom stereocenters. The van der Waals surface area contributed by atoms with Crippen LogP contribution in [0.25, 0.3) is 0 Å². The van der Waals surface area contributed by atoms with Crippen molar-refractivity contribution in [2.75, 3.05) is 33.7 Å². The van der Waals surface area contributed by atoms with Crippen molar-refractivity contribution in [1.82, 2.24) is 15.1 Å². The molecule has 0 aliphatic rings. The van der Waals surface area contributed by atoms with Crippen molar-refractivity contribution in [3.63, 3.8) is 0 Å². The van der Waals surface area contributed by atoms with Crippen LogP contribution in [0.5, 0.6) is 0 Å². The van der Waals surface area contributed by atoms with Gasteiger partial charge in [-0.25, -0.2) is 0 Å². The van der Waals surface area contributed by atoms with E-state index in [1.807, 2.05) is 6.26 Å². The molecule has 0 aliphatic heterocycles. The highest BCUT2D eigenvalue weighted by atomic mass is 16.3. The monoisotopic (exact) mass is 281 g/mol. The molecular formula is C16H31N3O. The lowest BCUT2D eigenvalue weighted by atomic mass is 10.2. The minimum atomic E-state index is 0.505. The van der Waals surface area contributed by atoms with Gasteiger partial charge in [-0.15, -0.1) is 0 Å². The molecule has 1 N–H and O–H groups in total. The Morgan fingerprint density at radius 2 is 1.95 bits per heavy atom. The van der Waals surface area contributed by atoms with E-state index in [1.165, 1.54) is 12.0 Å². The van der Waals surface area contributed by atoms with E-state index in [-0.39, 0.29) is 0 Å². The van der Waals surface area contributed by atoms with Gasteiger partial charge < -0.3 is 14.6 Å². The molecule has 4 heteroatoms. The summed E-state index contributed by atoms with van der Waals surface area (Å²) in [5.74, 6) is 1.07. The molecule has 0 aromatic carbocycles. The first-order valence-corrected chi connectivity index (χ1v) is 7.68. The summed E-state index contributed by atoms with van der Waals surface area (Å²) in [4.78, 5) is 4.68. The van der Waals surface area contributed by atoms with Gasteiger partial charge in [0.15, 0.2) is 0 Å². The van der Waals surface area contributed by atoms with Gasteiger partial charge in [-0.2, -0.15) is 0 Å². The highest BCUT2D eigenvalue weighted by Crippen LogP contribution is 2.11. The van der Waals surface area contributed by atoms with Crippen LogP contribution in [0, 0.1) is 0 Å². The first kappa shape index (κ1) is 17.2. The van der Waals surface area contributed by atoms with Crippen LogP contribution in [0.4, 0.5) is 0 Å². The maximum Gasteiger partial charge on any atom is 0.118 e. The standard InChI is InChI=1S/C16H31N3O/c1-6-7-19(9-8-18(4)5)12-16-10-15(13-20-16)11-17-14(2)3/h10,13-14,17H,6-9,11-12H2,1-5H3. The summed E-state index contributed by atoms with van der Waals surface area (Å²) in [5.41, 5.74) is 1.23. The molecule has 0 spiro atoms. The summed E-state index contributed by atoms with van der Waals surface area (Å²) >= 11 is 0. The Morgan fingerprint density at radius 3 is 2.55 bits per heavy atom. The van der Waals surface area contributed by atoms with Crippen LogP contribution in [0.2, 0.25) is 0 Å². The molecule has 4 nitrogen and oxygen atoms in total. The second-order valence-electron chi connectivity index (χ2n) is 6.04. The molecule has 0 saturated carbocycles. The van der Waals surface area contributed by atoms with Crippen molar-refractivity contribution in [2.24, 2.45) is 0 Å². The molecule has 1 aromatic heterocycles. The van der Waals surface area contributed by atoms with Crippen molar-refractivity contribution < 1.29 is 4.42 Å². The van der Waals surface area contributed by atoms with Crippen LogP contribution < -0.4 is 5.32 Å². The minimum absolute atomic E-state index is 0.505. The third kappa shape index (κ3) is 7.08. The Labute approximate surface area is 124 Å². The molecule has 0 bridgehead atoms. The summed E-state index contributed by atoms with van der Waals surface area (Å²) in [6.45, 7) is 11.6. The number of hydrogen-bond acceptors (Lipinski definition) is 4. The highest BCUT2D eigenvalue weighted by Gasteiger charge is 2.09. The van der Waals surface area contributed by atoms with Gasteiger partial charge >= 0.3 is 0 Å². The Hall–Kier alpha value is -0.840. The topological polar surface area (TPSA) is 31.6 Å². The number of nitrogens with one attached hydrogen (secondary N) is 1. The van der Waals surface area contributed by atoms with Crippen LogP contribution in [-0.2, 0) is 13.1 Å². The molecule has 116 valence electrons. The molecule has 0 fully saturated rings. The van der Waals surface area contributed by atoms with Crippen molar-refractivity contribution in [2.45, 2.75) is 46.3 Å². The predicted octanol–water partition coefficient (Wildman–Crippen LogP) is 2.55. The number of hydrogen-bond donors (Lipinski definition) is 1. The lowest BCUT2D eigenvalue weighted by molar-refractivity contribution is 0.218. The third-order valence-electron chi connectivity index (χ3n) is 3.21. The maximum absolute atomic E-state index is 5.69. The Bertz CT molecular complexity index is 360. The summed E-state index contributed by atoms with van der Waals surface area (Å²) in [5, 5.41) is 3.41. The molecule has 0 unspecified atom stereocenters. The Balaban J connectivity index is 2.46. The van der Waals surface area contributed by atoms with Gasteiger partial charge in [-0.05, 0) is 33.1 Å². The van der Waals surface area contributed by atoms with Gasteiger partial charge in [-0.1, -0.05) is 20.8 Å². The van der Waals surface area contributed by atoms with E-state index in [1.54, 1.807) is 0 Å². The van der Waals surface area contributed by atoms with Gasteiger partial charge in [0, 0.05) is 31.2 Å². The minimum Gasteiger partial charge on any atom is -0.468 e. The zero-order valence-electron chi connectivity index (χ0n) is 13.8. The van der Waals surface area contributed by atoms with Gasteiger partial charge in [-0.3, -0.25) is 4.90 Å². The van der Waals surface area contributed by atoms with E-state index in [4.69, 9.17) is 4.42 Å². The summed E-state index contributed by atoms with van der Waals surface area (Å²) in [6.07, 6.45) is 3.05. The molecule has 1 rings (SSSR count). The van der Waals surface area contributed by atoms with Gasteiger partial charge in [0.2, 0.25) is 0 Å². The van der Waals surface area contributed by atoms with Gasteiger partial charge in [0.1, 0.15) is 5.76 Å². The van der Waals surface area contributed by atoms with E-state index in [0.29, 0.717) is 6.04 Å². The molecule has 1 aromatic rings. The largest absolute Gasteiger partial charge is 0.468 e. The fourth-order valence-corrected chi connectivity index (χ4v) is 2.07. The molecule has 0 amide bonds. The van der Waals surface area contributed by atoms with E-state index in [0.717, 1.165) is 38.5 Å². The van der Waals surface area contributed by atoms with Crippen molar-refractivity contribution in [3.05, 3.63) is 23.7 Å². The molecule has 1 heterocycles. The van der Waals surface area contributed by atoms with Crippen LogP contribution in [0.3, 0.4) is 0 Å². The zero-order valence-corrected chi connectivity index (χ0v) is 13.8. The van der Waals surface area contributed by atoms with Crippen molar-refractivity contribution in [1.29, 1.82) is 0 Å². The van der Waals surface area contributed by atoms with Crippen LogP contribution in [0.15, 0.2) is 16.7 Å². The second-order valence-corrected chi connectivity index (χ2v) is 6.04. The van der Waals surface area contributed by atoms with E-state index >= 15 is 0 Å². The van der Waals surface area contributed by atoms with Crippen molar-refractivity contribution in [3.8, 4) is 0 Å². The third-order valence-corrected chi connectivity index (χ3v) is 3.21. The Kier molecular flexibility index (Phi) is 7.88. The SMILES string of the molecule is CCCN(CCN(C)C)Cc1cc(CNC(C)C)co1. The molecule has 0 aliphatic carbocycles. The molecule has 0 radical (unpaired) electrons. The number of rotatable bonds is 10. The summed E-state index contributed by atoms with van der Waals surface area (Å²) < 4.78 is 5.69. The van der Waals surface area contributed by atoms with E-state index in [9.17, 15) is 0 Å². The molecule has 0 saturated heterocycles. The quantitative estimate of drug-likeness (QED) is 0.714. The smallest absolute Gasteiger partial charge is 0.118 e. The average Bonchev–Trinajstić information content (AvgIpc) is 2.81. The lowest BCUT2D eigenvalue weighted by Crippen LogP contribution is -2.31. The summed E-state index contributed by atoms with van der Waals surface area (Å²) in [7, 11) is 4.24. The van der Waals surface area contributed by atoms with E-state index in [2.05, 4.69) is 56.0 Å². The van der Waals surface area contributed by atoms with Crippen molar-refractivity contribution >= 4 is 0 Å². The first-order chi connectivity index (χ1) is 9.51. The molecular weight excluding hydrogens is 250 g/mol. The highest BCUT2D eigenvalue weighted by molar-refractivity contribution is 5.12. The van der Waals surface area contributed by atoms with E-state index < -0.39 is 0 Å². The summed E-state index contributed by atoms with van der Waals surface area (Å²) in [6, 6.07) is 2.68. The number of likely N-dealkylation sites (N-methyl/N-ethyl adjacent to an activating group) is 1. The zero-order chi connectivity index (χ0) is 15.0. The average molecular weight is 281 g/mol. The van der Waals surface area contributed by atoms with Crippen LogP contribution >= 0.6 is 0 Å². The fourth-order valence-electron chi connectivity index (χ4n) is 2.07. The maximum atomic E-state index is 5.69. The van der Waals surface area contributed by atoms with Crippen LogP contribution in [-0.4, -0.2) is 49.6 Å². The van der Waals surface area contributed by atoms with Gasteiger partial charge in [0.05, 0.1) is 12.8 Å². The number of furan rings is 1. The lowest BCUT2D eigenvalue weighted by Gasteiger charge is -2.22. The van der Waals surface area contributed by atoms with Crippen LogP contribution in [0.1, 0.15) is 38.5 Å². The number of nitrogens with zero attached hydrogens (tertiary/aromatic N) is 2. The second kappa shape index (κ2) is 9.16.